The van der Waals surface area contributed by atoms with Gasteiger partial charge in [0.25, 0.3) is 17.1 Å². The normalized spacial score (nSPS) is 14.6. The van der Waals surface area contributed by atoms with Gasteiger partial charge in [0.05, 0.1) is 10.5 Å². The van der Waals surface area contributed by atoms with Crippen LogP contribution in [-0.2, 0) is 4.79 Å². The molecule has 0 atom stereocenters. The molecule has 0 radical (unpaired) electrons. The molecule has 3 aromatic rings. The fraction of sp³-hybridized carbons (Fsp3) is 0.125. The molecule has 178 valence electrons. The van der Waals surface area contributed by atoms with Crippen LogP contribution in [0.4, 0.5) is 13.6 Å². The highest BCUT2D eigenvalue weighted by molar-refractivity contribution is 8.18. The van der Waals surface area contributed by atoms with E-state index in [1.807, 2.05) is 30.3 Å². The molecule has 0 spiro atoms. The third-order valence-corrected chi connectivity index (χ3v) is 5.75. The molecule has 3 amide bonds. The second-order valence-electron chi connectivity index (χ2n) is 7.20. The Kier molecular flexibility index (Phi) is 7.46. The summed E-state index contributed by atoms with van der Waals surface area (Å²) >= 11 is 0.761. The van der Waals surface area contributed by atoms with Crippen LogP contribution >= 0.6 is 11.8 Å². The van der Waals surface area contributed by atoms with E-state index in [2.05, 4.69) is 20.0 Å². The van der Waals surface area contributed by atoms with E-state index in [4.69, 9.17) is 0 Å². The van der Waals surface area contributed by atoms with Crippen LogP contribution in [0.1, 0.15) is 15.9 Å². The highest BCUT2D eigenvalue weighted by Gasteiger charge is 2.34. The number of carbonyl (C=O) groups excluding carboxylic acids is 3. The van der Waals surface area contributed by atoms with Gasteiger partial charge in [0.2, 0.25) is 0 Å². The first-order valence-corrected chi connectivity index (χ1v) is 11.2. The van der Waals surface area contributed by atoms with Crippen LogP contribution in [0.15, 0.2) is 71.9 Å². The Morgan fingerprint density at radius 1 is 1.06 bits per heavy atom. The van der Waals surface area contributed by atoms with Gasteiger partial charge < -0.3 is 10.1 Å². The van der Waals surface area contributed by atoms with E-state index >= 15 is 0 Å². The van der Waals surface area contributed by atoms with E-state index in [-0.39, 0.29) is 29.3 Å². The highest BCUT2D eigenvalue weighted by atomic mass is 32.2. The van der Waals surface area contributed by atoms with E-state index < -0.39 is 23.7 Å². The van der Waals surface area contributed by atoms with Crippen molar-refractivity contribution in [3.8, 4) is 17.1 Å². The fourth-order valence-electron chi connectivity index (χ4n) is 3.15. The Hall–Kier alpha value is -4.12. The second kappa shape index (κ2) is 10.9. The lowest BCUT2D eigenvalue weighted by Crippen LogP contribution is -2.37. The molecule has 0 aliphatic carbocycles. The summed E-state index contributed by atoms with van der Waals surface area (Å²) in [6.45, 7) is -2.90. The first kappa shape index (κ1) is 24.0. The van der Waals surface area contributed by atoms with E-state index in [1.165, 1.54) is 42.7 Å². The number of rotatable bonds is 8. The number of imide groups is 1. The fourth-order valence-corrected chi connectivity index (χ4v) is 4.02. The zero-order valence-electron chi connectivity index (χ0n) is 18.1. The molecule has 8 nitrogen and oxygen atoms in total. The lowest BCUT2D eigenvalue weighted by molar-refractivity contribution is -0.122. The SMILES string of the molecule is O=C(NCCN1C(=O)S/C(=C\c2ccc(OC(F)F)cc2)C1=O)c1cnc(-c2ccccc2)nc1. The van der Waals surface area contributed by atoms with Gasteiger partial charge in [0.1, 0.15) is 5.75 Å². The summed E-state index contributed by atoms with van der Waals surface area (Å²) < 4.78 is 28.8. The van der Waals surface area contributed by atoms with Crippen LogP contribution in [0.5, 0.6) is 5.75 Å². The number of halogens is 2. The van der Waals surface area contributed by atoms with Crippen LogP contribution in [0.25, 0.3) is 17.5 Å². The summed E-state index contributed by atoms with van der Waals surface area (Å²) in [7, 11) is 0. The quantitative estimate of drug-likeness (QED) is 0.466. The third-order valence-electron chi connectivity index (χ3n) is 4.84. The molecule has 2 heterocycles. The van der Waals surface area contributed by atoms with Gasteiger partial charge in [-0.15, -0.1) is 0 Å². The number of ether oxygens (including phenoxy) is 1. The molecule has 1 fully saturated rings. The molecule has 1 aliphatic heterocycles. The standard InChI is InChI=1S/C24H18F2N4O4S/c25-23(26)34-18-8-6-15(7-9-18)12-19-22(32)30(24(33)35-19)11-10-27-21(31)17-13-28-20(29-14-17)16-4-2-1-3-5-16/h1-9,12-14,23H,10-11H2,(H,27,31)/b19-12-. The van der Waals surface area contributed by atoms with Gasteiger partial charge in [0.15, 0.2) is 5.82 Å². The summed E-state index contributed by atoms with van der Waals surface area (Å²) in [5.41, 5.74) is 1.62. The minimum absolute atomic E-state index is 0.0129. The van der Waals surface area contributed by atoms with Crippen molar-refractivity contribution >= 4 is 34.9 Å². The maximum Gasteiger partial charge on any atom is 0.387 e. The number of hydrogen-bond donors (Lipinski definition) is 1. The zero-order chi connectivity index (χ0) is 24.8. The molecule has 2 aromatic carbocycles. The van der Waals surface area contributed by atoms with Crippen molar-refractivity contribution in [1.82, 2.24) is 20.2 Å². The first-order valence-electron chi connectivity index (χ1n) is 10.4. The minimum atomic E-state index is -2.93. The van der Waals surface area contributed by atoms with E-state index in [0.717, 1.165) is 22.2 Å². The number of carbonyl (C=O) groups is 3. The smallest absolute Gasteiger partial charge is 0.387 e. The summed E-state index contributed by atoms with van der Waals surface area (Å²) in [5, 5.41) is 2.17. The Labute approximate surface area is 203 Å². The van der Waals surface area contributed by atoms with E-state index in [1.54, 1.807) is 0 Å². The lowest BCUT2D eigenvalue weighted by Gasteiger charge is -2.13. The molecule has 0 unspecified atom stereocenters. The van der Waals surface area contributed by atoms with E-state index in [9.17, 15) is 23.2 Å². The predicted molar refractivity (Wildman–Crippen MR) is 126 cm³/mol. The van der Waals surface area contributed by atoms with Crippen molar-refractivity contribution in [3.05, 3.63) is 83.0 Å². The number of aromatic nitrogens is 2. The molecule has 1 aromatic heterocycles. The Morgan fingerprint density at radius 3 is 2.40 bits per heavy atom. The maximum absolute atomic E-state index is 12.6. The van der Waals surface area contributed by atoms with Crippen molar-refractivity contribution in [2.24, 2.45) is 0 Å². The van der Waals surface area contributed by atoms with Crippen molar-refractivity contribution in [1.29, 1.82) is 0 Å². The number of amides is 3. The second-order valence-corrected chi connectivity index (χ2v) is 8.19. The number of nitrogens with one attached hydrogen (secondary N) is 1. The number of nitrogens with zero attached hydrogens (tertiary/aromatic N) is 3. The molecule has 4 rings (SSSR count). The van der Waals surface area contributed by atoms with Crippen LogP contribution in [0.3, 0.4) is 0 Å². The van der Waals surface area contributed by atoms with Crippen molar-refractivity contribution < 1.29 is 27.9 Å². The monoisotopic (exact) mass is 496 g/mol. The van der Waals surface area contributed by atoms with Gasteiger partial charge >= 0.3 is 6.61 Å². The summed E-state index contributed by atoms with van der Waals surface area (Å²) in [4.78, 5) is 46.9. The number of hydrogen-bond acceptors (Lipinski definition) is 7. The average Bonchev–Trinajstić information content (AvgIpc) is 3.12. The van der Waals surface area contributed by atoms with Crippen molar-refractivity contribution in [2.45, 2.75) is 6.61 Å². The minimum Gasteiger partial charge on any atom is -0.435 e. The van der Waals surface area contributed by atoms with Gasteiger partial charge in [-0.1, -0.05) is 42.5 Å². The van der Waals surface area contributed by atoms with Gasteiger partial charge in [0, 0.05) is 31.0 Å². The van der Waals surface area contributed by atoms with Gasteiger partial charge in [-0.05, 0) is 35.5 Å². The number of benzene rings is 2. The Morgan fingerprint density at radius 2 is 1.74 bits per heavy atom. The Bertz CT molecular complexity index is 1250. The average molecular weight is 496 g/mol. The molecular formula is C24H18F2N4O4S. The number of alkyl halides is 2. The lowest BCUT2D eigenvalue weighted by atomic mass is 10.2. The van der Waals surface area contributed by atoms with Crippen LogP contribution in [0, 0.1) is 0 Å². The van der Waals surface area contributed by atoms with Crippen molar-refractivity contribution in [2.75, 3.05) is 13.1 Å². The number of thioether (sulfide) groups is 1. The Balaban J connectivity index is 1.31. The summed E-state index contributed by atoms with van der Waals surface area (Å²) in [6, 6.07) is 15.0. The molecule has 1 aliphatic rings. The molecule has 1 saturated heterocycles. The van der Waals surface area contributed by atoms with Crippen LogP contribution in [-0.4, -0.2) is 51.6 Å². The molecule has 0 bridgehead atoms. The van der Waals surface area contributed by atoms with Gasteiger partial charge in [-0.2, -0.15) is 8.78 Å². The highest BCUT2D eigenvalue weighted by Crippen LogP contribution is 2.32. The van der Waals surface area contributed by atoms with Crippen LogP contribution < -0.4 is 10.1 Å². The predicted octanol–water partition coefficient (Wildman–Crippen LogP) is 4.21. The third kappa shape index (κ3) is 6.07. The zero-order valence-corrected chi connectivity index (χ0v) is 18.9. The van der Waals surface area contributed by atoms with Crippen LogP contribution in [0.2, 0.25) is 0 Å². The largest absolute Gasteiger partial charge is 0.435 e. The van der Waals surface area contributed by atoms with E-state index in [0.29, 0.717) is 11.4 Å². The topological polar surface area (TPSA) is 101 Å². The molecular weight excluding hydrogens is 478 g/mol. The molecule has 11 heteroatoms. The van der Waals surface area contributed by atoms with Gasteiger partial charge in [-0.3, -0.25) is 19.3 Å². The molecule has 35 heavy (non-hydrogen) atoms. The molecule has 1 N–H and O–H groups in total. The molecule has 0 saturated carbocycles. The van der Waals surface area contributed by atoms with Gasteiger partial charge in [-0.25, -0.2) is 9.97 Å². The maximum atomic E-state index is 12.6. The van der Waals surface area contributed by atoms with Crippen molar-refractivity contribution in [3.63, 3.8) is 0 Å². The summed E-state index contributed by atoms with van der Waals surface area (Å²) in [5.74, 6) is -0.458. The first-order chi connectivity index (χ1) is 16.9. The summed E-state index contributed by atoms with van der Waals surface area (Å²) in [6.07, 6.45) is 4.30.